The van der Waals surface area contributed by atoms with Gasteiger partial charge in [-0.25, -0.2) is 0 Å². The fourth-order valence-corrected chi connectivity index (χ4v) is 2.20. The summed E-state index contributed by atoms with van der Waals surface area (Å²) in [6, 6.07) is 6.35. The molecular formula is C16H24O2. The lowest BCUT2D eigenvalue weighted by atomic mass is 10.1. The zero-order chi connectivity index (χ0) is 13.0. The van der Waals surface area contributed by atoms with E-state index in [9.17, 15) is 0 Å². The van der Waals surface area contributed by atoms with Crippen LogP contribution in [0.2, 0.25) is 0 Å². The summed E-state index contributed by atoms with van der Waals surface area (Å²) in [4.78, 5) is 0. The van der Waals surface area contributed by atoms with Crippen molar-refractivity contribution in [2.75, 3.05) is 0 Å². The molecule has 18 heavy (non-hydrogen) atoms. The SMILES string of the molecule is CCCCCCc1ccc2c(c1)OC(C(C)C)O2. The summed E-state index contributed by atoms with van der Waals surface area (Å²) >= 11 is 0. The van der Waals surface area contributed by atoms with Crippen LogP contribution in [0, 0.1) is 5.92 Å². The lowest BCUT2D eigenvalue weighted by molar-refractivity contribution is 0.00909. The van der Waals surface area contributed by atoms with Gasteiger partial charge in [0.2, 0.25) is 6.29 Å². The van der Waals surface area contributed by atoms with Gasteiger partial charge in [-0.3, -0.25) is 0 Å². The molecule has 1 heterocycles. The highest BCUT2D eigenvalue weighted by Gasteiger charge is 2.26. The summed E-state index contributed by atoms with van der Waals surface area (Å²) in [5.41, 5.74) is 1.36. The van der Waals surface area contributed by atoms with Gasteiger partial charge in [-0.05, 0) is 30.5 Å². The Morgan fingerprint density at radius 2 is 1.83 bits per heavy atom. The molecular weight excluding hydrogens is 224 g/mol. The van der Waals surface area contributed by atoms with Crippen LogP contribution in [0.5, 0.6) is 11.5 Å². The predicted molar refractivity (Wildman–Crippen MR) is 74.2 cm³/mol. The Bertz CT molecular complexity index is 385. The molecule has 1 aliphatic rings. The first-order valence-electron chi connectivity index (χ1n) is 7.17. The van der Waals surface area contributed by atoms with E-state index in [2.05, 4.69) is 32.9 Å². The number of fused-ring (bicyclic) bond motifs is 1. The van der Waals surface area contributed by atoms with E-state index >= 15 is 0 Å². The average molecular weight is 248 g/mol. The molecule has 0 radical (unpaired) electrons. The molecule has 0 saturated carbocycles. The topological polar surface area (TPSA) is 18.5 Å². The maximum atomic E-state index is 5.81. The van der Waals surface area contributed by atoms with E-state index in [4.69, 9.17) is 9.47 Å². The first-order chi connectivity index (χ1) is 8.70. The minimum Gasteiger partial charge on any atom is -0.451 e. The van der Waals surface area contributed by atoms with Crippen LogP contribution in [-0.2, 0) is 6.42 Å². The largest absolute Gasteiger partial charge is 0.451 e. The third-order valence-electron chi connectivity index (χ3n) is 3.36. The highest BCUT2D eigenvalue weighted by atomic mass is 16.7. The molecule has 0 aromatic heterocycles. The normalized spacial score (nSPS) is 17.4. The second-order valence-corrected chi connectivity index (χ2v) is 5.44. The van der Waals surface area contributed by atoms with Gasteiger partial charge < -0.3 is 9.47 Å². The second-order valence-electron chi connectivity index (χ2n) is 5.44. The molecule has 0 aliphatic carbocycles. The zero-order valence-corrected chi connectivity index (χ0v) is 11.7. The summed E-state index contributed by atoms with van der Waals surface area (Å²) < 4.78 is 11.6. The average Bonchev–Trinajstić information content (AvgIpc) is 2.78. The molecule has 0 spiro atoms. The molecule has 1 aliphatic heterocycles. The van der Waals surface area contributed by atoms with Gasteiger partial charge in [0.15, 0.2) is 11.5 Å². The minimum atomic E-state index is -0.115. The van der Waals surface area contributed by atoms with E-state index in [1.165, 1.54) is 31.2 Å². The van der Waals surface area contributed by atoms with Crippen molar-refractivity contribution in [2.45, 2.75) is 59.2 Å². The van der Waals surface area contributed by atoms with Crippen molar-refractivity contribution >= 4 is 0 Å². The van der Waals surface area contributed by atoms with Crippen molar-refractivity contribution in [1.29, 1.82) is 0 Å². The van der Waals surface area contributed by atoms with Crippen molar-refractivity contribution in [3.8, 4) is 11.5 Å². The molecule has 0 N–H and O–H groups in total. The molecule has 0 amide bonds. The van der Waals surface area contributed by atoms with E-state index in [0.29, 0.717) is 5.92 Å². The molecule has 0 fully saturated rings. The highest BCUT2D eigenvalue weighted by Crippen LogP contribution is 2.37. The Balaban J connectivity index is 1.91. The summed E-state index contributed by atoms with van der Waals surface area (Å²) in [6.45, 7) is 6.47. The maximum Gasteiger partial charge on any atom is 0.243 e. The Hall–Kier alpha value is -1.18. The minimum absolute atomic E-state index is 0.115. The quantitative estimate of drug-likeness (QED) is 0.687. The van der Waals surface area contributed by atoms with Gasteiger partial charge in [0.05, 0.1) is 0 Å². The van der Waals surface area contributed by atoms with Gasteiger partial charge in [-0.1, -0.05) is 46.1 Å². The Morgan fingerprint density at radius 3 is 2.56 bits per heavy atom. The number of aryl methyl sites for hydroxylation is 1. The highest BCUT2D eigenvalue weighted by molar-refractivity contribution is 5.45. The molecule has 2 rings (SSSR count). The Morgan fingerprint density at radius 1 is 1.06 bits per heavy atom. The van der Waals surface area contributed by atoms with Gasteiger partial charge in [0.1, 0.15) is 0 Å². The number of unbranched alkanes of at least 4 members (excludes halogenated alkanes) is 3. The van der Waals surface area contributed by atoms with Gasteiger partial charge in [-0.2, -0.15) is 0 Å². The summed E-state index contributed by atoms with van der Waals surface area (Å²) in [7, 11) is 0. The number of ether oxygens (including phenoxy) is 2. The van der Waals surface area contributed by atoms with E-state index in [1.807, 2.05) is 6.07 Å². The van der Waals surface area contributed by atoms with E-state index < -0.39 is 0 Å². The molecule has 2 nitrogen and oxygen atoms in total. The summed E-state index contributed by atoms with van der Waals surface area (Å²) in [5, 5.41) is 0. The second kappa shape index (κ2) is 6.12. The molecule has 0 bridgehead atoms. The molecule has 100 valence electrons. The lowest BCUT2D eigenvalue weighted by Gasteiger charge is -2.12. The van der Waals surface area contributed by atoms with Crippen LogP contribution < -0.4 is 9.47 Å². The Kier molecular flexibility index (Phi) is 4.51. The molecule has 1 unspecified atom stereocenters. The van der Waals surface area contributed by atoms with Crippen LogP contribution in [-0.4, -0.2) is 6.29 Å². The van der Waals surface area contributed by atoms with Gasteiger partial charge in [0.25, 0.3) is 0 Å². The van der Waals surface area contributed by atoms with E-state index in [1.54, 1.807) is 0 Å². The number of hydrogen-bond acceptors (Lipinski definition) is 2. The number of benzene rings is 1. The van der Waals surface area contributed by atoms with Gasteiger partial charge in [-0.15, -0.1) is 0 Å². The molecule has 2 heteroatoms. The third-order valence-corrected chi connectivity index (χ3v) is 3.36. The van der Waals surface area contributed by atoms with E-state index in [-0.39, 0.29) is 6.29 Å². The van der Waals surface area contributed by atoms with Crippen molar-refractivity contribution < 1.29 is 9.47 Å². The van der Waals surface area contributed by atoms with E-state index in [0.717, 1.165) is 17.9 Å². The van der Waals surface area contributed by atoms with Gasteiger partial charge in [0, 0.05) is 5.92 Å². The number of rotatable bonds is 6. The third kappa shape index (κ3) is 3.18. The van der Waals surface area contributed by atoms with Crippen LogP contribution in [0.3, 0.4) is 0 Å². The van der Waals surface area contributed by atoms with Crippen molar-refractivity contribution in [2.24, 2.45) is 5.92 Å². The van der Waals surface area contributed by atoms with Crippen LogP contribution in [0.15, 0.2) is 18.2 Å². The number of hydrogen-bond donors (Lipinski definition) is 0. The first-order valence-corrected chi connectivity index (χ1v) is 7.17. The van der Waals surface area contributed by atoms with Crippen LogP contribution in [0.25, 0.3) is 0 Å². The summed E-state index contributed by atoms with van der Waals surface area (Å²) in [5.74, 6) is 2.19. The van der Waals surface area contributed by atoms with Crippen molar-refractivity contribution in [1.82, 2.24) is 0 Å². The van der Waals surface area contributed by atoms with Crippen LogP contribution in [0.1, 0.15) is 52.0 Å². The molecule has 1 aromatic carbocycles. The fourth-order valence-electron chi connectivity index (χ4n) is 2.20. The summed E-state index contributed by atoms with van der Waals surface area (Å²) in [6.07, 6.45) is 6.23. The van der Waals surface area contributed by atoms with Crippen molar-refractivity contribution in [3.05, 3.63) is 23.8 Å². The maximum absolute atomic E-state index is 5.81. The smallest absolute Gasteiger partial charge is 0.243 e. The molecule has 1 aromatic rings. The van der Waals surface area contributed by atoms with Crippen LogP contribution in [0.4, 0.5) is 0 Å². The molecule has 1 atom stereocenters. The lowest BCUT2D eigenvalue weighted by Crippen LogP contribution is -2.24. The zero-order valence-electron chi connectivity index (χ0n) is 11.7. The Labute approximate surface area is 110 Å². The fraction of sp³-hybridized carbons (Fsp3) is 0.625. The standard InChI is InChI=1S/C16H24O2/c1-4-5-6-7-8-13-9-10-14-15(11-13)18-16(17-14)12(2)3/h9-12,16H,4-8H2,1-3H3. The predicted octanol–water partition coefficient (Wildman–Crippen LogP) is 4.56. The van der Waals surface area contributed by atoms with Gasteiger partial charge >= 0.3 is 0 Å². The van der Waals surface area contributed by atoms with Crippen molar-refractivity contribution in [3.63, 3.8) is 0 Å². The van der Waals surface area contributed by atoms with Crippen LogP contribution >= 0.6 is 0 Å². The monoisotopic (exact) mass is 248 g/mol. The molecule has 0 saturated heterocycles. The first kappa shape index (κ1) is 13.3.